The maximum absolute atomic E-state index is 12.1. The third kappa shape index (κ3) is 4.43. The fraction of sp³-hybridized carbons (Fsp3) is 0.533. The molecule has 0 aliphatic carbocycles. The van der Waals surface area contributed by atoms with Crippen LogP contribution in [0.4, 0.5) is 5.69 Å². The number of nitrogens with one attached hydrogen (secondary N) is 1. The van der Waals surface area contributed by atoms with E-state index in [2.05, 4.69) is 4.72 Å². The highest BCUT2D eigenvalue weighted by atomic mass is 32.2. The number of carbonyl (C=O) groups is 1. The molecule has 0 aromatic heterocycles. The average molecular weight is 342 g/mol. The molecule has 0 saturated carbocycles. The SMILES string of the molecule is CCC(Cc1ccc(NS(=O)(=O)N2CC(OC)C2)cc1)C(=O)O. The number of ether oxygens (including phenoxy) is 1. The molecule has 0 spiro atoms. The zero-order valence-corrected chi connectivity index (χ0v) is 14.0. The van der Waals surface area contributed by atoms with Gasteiger partial charge in [0.2, 0.25) is 0 Å². The standard InChI is InChI=1S/C15H22N2O5S/c1-3-12(15(18)19)8-11-4-6-13(7-5-11)16-23(20,21)17-9-14(10-17)22-2/h4-7,12,14,16H,3,8-10H2,1-2H3,(H,18,19). The highest BCUT2D eigenvalue weighted by molar-refractivity contribution is 7.90. The third-order valence-electron chi connectivity index (χ3n) is 4.01. The van der Waals surface area contributed by atoms with E-state index in [9.17, 15) is 13.2 Å². The Hall–Kier alpha value is -1.64. The number of rotatable bonds is 8. The number of methoxy groups -OCH3 is 1. The van der Waals surface area contributed by atoms with Crippen molar-refractivity contribution in [2.45, 2.75) is 25.9 Å². The van der Waals surface area contributed by atoms with Crippen molar-refractivity contribution in [1.29, 1.82) is 0 Å². The first-order valence-corrected chi connectivity index (χ1v) is 8.92. The molecule has 1 fully saturated rings. The van der Waals surface area contributed by atoms with Gasteiger partial charge in [-0.3, -0.25) is 9.52 Å². The molecular formula is C15H22N2O5S. The van der Waals surface area contributed by atoms with Crippen LogP contribution in [0.3, 0.4) is 0 Å². The fourth-order valence-corrected chi connectivity index (χ4v) is 3.65. The van der Waals surface area contributed by atoms with Crippen molar-refractivity contribution in [3.63, 3.8) is 0 Å². The monoisotopic (exact) mass is 342 g/mol. The van der Waals surface area contributed by atoms with Gasteiger partial charge in [-0.15, -0.1) is 0 Å². The Morgan fingerprint density at radius 3 is 2.48 bits per heavy atom. The molecular weight excluding hydrogens is 320 g/mol. The van der Waals surface area contributed by atoms with E-state index in [1.807, 2.05) is 6.92 Å². The van der Waals surface area contributed by atoms with Gasteiger partial charge >= 0.3 is 16.2 Å². The number of carboxylic acid groups (broad SMARTS) is 1. The molecule has 1 aromatic rings. The van der Waals surface area contributed by atoms with E-state index in [1.165, 1.54) is 4.31 Å². The predicted molar refractivity (Wildman–Crippen MR) is 86.5 cm³/mol. The summed E-state index contributed by atoms with van der Waals surface area (Å²) in [5.74, 6) is -1.24. The molecule has 0 bridgehead atoms. The molecule has 8 heteroatoms. The van der Waals surface area contributed by atoms with Crippen LogP contribution in [0.5, 0.6) is 0 Å². The zero-order valence-electron chi connectivity index (χ0n) is 13.2. The number of carboxylic acids is 1. The zero-order chi connectivity index (χ0) is 17.0. The molecule has 1 aliphatic rings. The van der Waals surface area contributed by atoms with Crippen LogP contribution in [0.2, 0.25) is 0 Å². The van der Waals surface area contributed by atoms with E-state index < -0.39 is 22.1 Å². The van der Waals surface area contributed by atoms with Gasteiger partial charge in [0.25, 0.3) is 0 Å². The van der Waals surface area contributed by atoms with Gasteiger partial charge in [0.05, 0.1) is 12.0 Å². The Morgan fingerprint density at radius 2 is 2.00 bits per heavy atom. The van der Waals surface area contributed by atoms with Crippen LogP contribution in [0, 0.1) is 5.92 Å². The quantitative estimate of drug-likeness (QED) is 0.743. The minimum absolute atomic E-state index is 0.0454. The van der Waals surface area contributed by atoms with Crippen molar-refractivity contribution in [1.82, 2.24) is 4.31 Å². The van der Waals surface area contributed by atoms with Gasteiger partial charge in [0.1, 0.15) is 0 Å². The lowest BCUT2D eigenvalue weighted by atomic mass is 9.97. The Labute approximate surface area is 136 Å². The highest BCUT2D eigenvalue weighted by Gasteiger charge is 2.35. The van der Waals surface area contributed by atoms with Crippen LogP contribution in [0.1, 0.15) is 18.9 Å². The van der Waals surface area contributed by atoms with Gasteiger partial charge < -0.3 is 9.84 Å². The summed E-state index contributed by atoms with van der Waals surface area (Å²) in [7, 11) is -2.01. The van der Waals surface area contributed by atoms with Gasteiger partial charge in [0, 0.05) is 25.9 Å². The summed E-state index contributed by atoms with van der Waals surface area (Å²) in [6.45, 7) is 2.53. The molecule has 1 unspecified atom stereocenters. The number of benzene rings is 1. The van der Waals surface area contributed by atoms with E-state index in [0.717, 1.165) is 5.56 Å². The van der Waals surface area contributed by atoms with E-state index in [-0.39, 0.29) is 6.10 Å². The largest absolute Gasteiger partial charge is 0.481 e. The number of hydrogen-bond acceptors (Lipinski definition) is 4. The number of hydrogen-bond donors (Lipinski definition) is 2. The van der Waals surface area contributed by atoms with Crippen LogP contribution < -0.4 is 4.72 Å². The van der Waals surface area contributed by atoms with Crippen molar-refractivity contribution < 1.29 is 23.1 Å². The Bertz CT molecular complexity index is 638. The molecule has 1 atom stereocenters. The molecule has 1 heterocycles. The molecule has 1 aromatic carbocycles. The summed E-state index contributed by atoms with van der Waals surface area (Å²) in [6.07, 6.45) is 0.941. The van der Waals surface area contributed by atoms with Crippen LogP contribution in [0.25, 0.3) is 0 Å². The van der Waals surface area contributed by atoms with Crippen LogP contribution in [-0.4, -0.2) is 50.1 Å². The van der Waals surface area contributed by atoms with E-state index >= 15 is 0 Å². The van der Waals surface area contributed by atoms with Gasteiger partial charge in [-0.1, -0.05) is 19.1 Å². The molecule has 0 amide bonds. The second-order valence-electron chi connectivity index (χ2n) is 5.63. The molecule has 1 saturated heterocycles. The predicted octanol–water partition coefficient (Wildman–Crippen LogP) is 1.33. The average Bonchev–Trinajstić information content (AvgIpc) is 2.44. The van der Waals surface area contributed by atoms with E-state index in [0.29, 0.717) is 31.6 Å². The first kappa shape index (κ1) is 17.7. The van der Waals surface area contributed by atoms with Gasteiger partial charge in [-0.2, -0.15) is 12.7 Å². The lowest BCUT2D eigenvalue weighted by molar-refractivity contribution is -0.141. The summed E-state index contributed by atoms with van der Waals surface area (Å²) in [5, 5.41) is 9.07. The molecule has 2 N–H and O–H groups in total. The lowest BCUT2D eigenvalue weighted by Crippen LogP contribution is -2.55. The summed E-state index contributed by atoms with van der Waals surface area (Å²) < 4.78 is 33.1. The summed E-state index contributed by atoms with van der Waals surface area (Å²) in [5.41, 5.74) is 1.32. The Balaban J connectivity index is 1.96. The molecule has 7 nitrogen and oxygen atoms in total. The Kier molecular flexibility index (Phi) is 5.61. The summed E-state index contributed by atoms with van der Waals surface area (Å²) in [4.78, 5) is 11.0. The summed E-state index contributed by atoms with van der Waals surface area (Å²) in [6, 6.07) is 6.79. The first-order chi connectivity index (χ1) is 10.9. The normalized spacial score (nSPS) is 17.5. The number of aliphatic carboxylic acids is 1. The lowest BCUT2D eigenvalue weighted by Gasteiger charge is -2.36. The number of anilines is 1. The first-order valence-electron chi connectivity index (χ1n) is 7.48. The summed E-state index contributed by atoms with van der Waals surface area (Å²) >= 11 is 0. The maximum Gasteiger partial charge on any atom is 0.306 e. The molecule has 1 aliphatic heterocycles. The molecule has 2 rings (SSSR count). The third-order valence-corrected chi connectivity index (χ3v) is 5.48. The van der Waals surface area contributed by atoms with Crippen molar-refractivity contribution in [3.05, 3.63) is 29.8 Å². The maximum atomic E-state index is 12.1. The Morgan fingerprint density at radius 1 is 1.39 bits per heavy atom. The van der Waals surface area contributed by atoms with E-state index in [4.69, 9.17) is 9.84 Å². The van der Waals surface area contributed by atoms with Crippen LogP contribution >= 0.6 is 0 Å². The number of nitrogens with zero attached hydrogens (tertiary/aromatic N) is 1. The van der Waals surface area contributed by atoms with Crippen LogP contribution in [-0.2, 0) is 26.2 Å². The second kappa shape index (κ2) is 7.29. The van der Waals surface area contributed by atoms with E-state index in [1.54, 1.807) is 31.4 Å². The molecule has 0 radical (unpaired) electrons. The topological polar surface area (TPSA) is 95.9 Å². The van der Waals surface area contributed by atoms with Crippen LogP contribution in [0.15, 0.2) is 24.3 Å². The molecule has 128 valence electrons. The fourth-order valence-electron chi connectivity index (χ4n) is 2.36. The van der Waals surface area contributed by atoms with Gasteiger partial charge in [-0.05, 0) is 30.5 Å². The van der Waals surface area contributed by atoms with Crippen molar-refractivity contribution >= 4 is 21.9 Å². The van der Waals surface area contributed by atoms with Gasteiger partial charge in [-0.25, -0.2) is 0 Å². The smallest absolute Gasteiger partial charge is 0.306 e. The van der Waals surface area contributed by atoms with Gasteiger partial charge in [0.15, 0.2) is 0 Å². The molecule has 23 heavy (non-hydrogen) atoms. The minimum atomic E-state index is -3.56. The highest BCUT2D eigenvalue weighted by Crippen LogP contribution is 2.20. The second-order valence-corrected chi connectivity index (χ2v) is 7.30. The van der Waals surface area contributed by atoms with Crippen molar-refractivity contribution in [2.24, 2.45) is 5.92 Å². The van der Waals surface area contributed by atoms with Crippen molar-refractivity contribution in [2.75, 3.05) is 24.9 Å². The van der Waals surface area contributed by atoms with Crippen molar-refractivity contribution in [3.8, 4) is 0 Å². The minimum Gasteiger partial charge on any atom is -0.481 e.